The minimum atomic E-state index is -0.690. The molecular formula is C20H12O7. The molecule has 0 aliphatic carbocycles. The number of cyclic esters (lactones) is 2. The van der Waals surface area contributed by atoms with Crippen molar-refractivity contribution in [2.45, 2.75) is 0 Å². The standard InChI is InChI=1S/C20H12O7/c21-19-13(5-11-1-3-15-17(7-11)25-9-23-15)14(20(22)27-19)6-12-2-4-16-18(8-12)26-10-24-16/h1-8H,9-10H2/b13-5-,14-6-. The molecule has 0 bridgehead atoms. The number of hydrogen-bond acceptors (Lipinski definition) is 7. The van der Waals surface area contributed by atoms with Crippen molar-refractivity contribution in [3.63, 3.8) is 0 Å². The average molecular weight is 364 g/mol. The first kappa shape index (κ1) is 15.5. The van der Waals surface area contributed by atoms with Crippen molar-refractivity contribution in [1.29, 1.82) is 0 Å². The van der Waals surface area contributed by atoms with E-state index in [1.54, 1.807) is 48.6 Å². The van der Waals surface area contributed by atoms with E-state index in [1.165, 1.54) is 0 Å². The van der Waals surface area contributed by atoms with E-state index >= 15 is 0 Å². The van der Waals surface area contributed by atoms with E-state index in [1.807, 2.05) is 0 Å². The number of rotatable bonds is 2. The molecule has 1 saturated heterocycles. The van der Waals surface area contributed by atoms with E-state index in [4.69, 9.17) is 23.7 Å². The topological polar surface area (TPSA) is 80.3 Å². The molecule has 0 atom stereocenters. The zero-order chi connectivity index (χ0) is 18.4. The van der Waals surface area contributed by atoms with Crippen LogP contribution in [0.5, 0.6) is 23.0 Å². The summed E-state index contributed by atoms with van der Waals surface area (Å²) in [6.07, 6.45) is 3.18. The fourth-order valence-corrected chi connectivity index (χ4v) is 3.03. The zero-order valence-corrected chi connectivity index (χ0v) is 13.9. The van der Waals surface area contributed by atoms with Crippen LogP contribution < -0.4 is 18.9 Å². The average Bonchev–Trinajstić information content (AvgIpc) is 3.36. The lowest BCUT2D eigenvalue weighted by molar-refractivity contribution is -0.149. The predicted octanol–water partition coefficient (Wildman–Crippen LogP) is 2.69. The molecule has 27 heavy (non-hydrogen) atoms. The van der Waals surface area contributed by atoms with E-state index < -0.39 is 11.9 Å². The maximum absolute atomic E-state index is 12.2. The van der Waals surface area contributed by atoms with Crippen LogP contribution in [0.2, 0.25) is 0 Å². The van der Waals surface area contributed by atoms with Gasteiger partial charge in [0.25, 0.3) is 0 Å². The first-order valence-electron chi connectivity index (χ1n) is 8.17. The van der Waals surface area contributed by atoms with Crippen LogP contribution in [0.25, 0.3) is 12.2 Å². The van der Waals surface area contributed by atoms with Crippen LogP contribution in [-0.2, 0) is 14.3 Å². The van der Waals surface area contributed by atoms with Crippen molar-refractivity contribution in [2.24, 2.45) is 0 Å². The third kappa shape index (κ3) is 2.69. The van der Waals surface area contributed by atoms with E-state index in [0.29, 0.717) is 34.1 Å². The normalized spacial score (nSPS) is 19.9. The molecule has 0 saturated carbocycles. The van der Waals surface area contributed by atoms with Crippen molar-refractivity contribution in [3.8, 4) is 23.0 Å². The second-order valence-corrected chi connectivity index (χ2v) is 6.02. The van der Waals surface area contributed by atoms with Crippen molar-refractivity contribution < 1.29 is 33.3 Å². The van der Waals surface area contributed by atoms with Crippen LogP contribution in [0.4, 0.5) is 0 Å². The van der Waals surface area contributed by atoms with Gasteiger partial charge in [0.2, 0.25) is 13.6 Å². The highest BCUT2D eigenvalue weighted by Crippen LogP contribution is 2.36. The molecule has 3 heterocycles. The summed E-state index contributed by atoms with van der Waals surface area (Å²) in [5.74, 6) is 1.07. The highest BCUT2D eigenvalue weighted by atomic mass is 16.7. The third-order valence-electron chi connectivity index (χ3n) is 4.33. The van der Waals surface area contributed by atoms with Gasteiger partial charge >= 0.3 is 11.9 Å². The van der Waals surface area contributed by atoms with Gasteiger partial charge in [-0.15, -0.1) is 0 Å². The lowest BCUT2D eigenvalue weighted by Gasteiger charge is -2.01. The van der Waals surface area contributed by atoms with Crippen molar-refractivity contribution in [3.05, 3.63) is 58.7 Å². The molecule has 0 spiro atoms. The van der Waals surface area contributed by atoms with Crippen LogP contribution in [0, 0.1) is 0 Å². The molecule has 3 aliphatic heterocycles. The summed E-state index contributed by atoms with van der Waals surface area (Å²) in [5.41, 5.74) is 1.74. The van der Waals surface area contributed by atoms with Crippen molar-refractivity contribution in [1.82, 2.24) is 0 Å². The fraction of sp³-hybridized carbons (Fsp3) is 0.100. The molecule has 0 radical (unpaired) electrons. The zero-order valence-electron chi connectivity index (χ0n) is 13.9. The fourth-order valence-electron chi connectivity index (χ4n) is 3.03. The SMILES string of the molecule is O=C1OC(=O)C(=C\c2ccc3c(c2)OCO3)/C1=C/c1ccc2c(c1)OCO2. The van der Waals surface area contributed by atoms with E-state index in [-0.39, 0.29) is 24.7 Å². The van der Waals surface area contributed by atoms with E-state index in [9.17, 15) is 9.59 Å². The third-order valence-corrected chi connectivity index (χ3v) is 4.33. The number of fused-ring (bicyclic) bond motifs is 2. The first-order valence-corrected chi connectivity index (χ1v) is 8.17. The summed E-state index contributed by atoms with van der Waals surface area (Å²) in [4.78, 5) is 24.3. The minimum absolute atomic E-state index is 0.158. The van der Waals surface area contributed by atoms with Gasteiger partial charge in [0.1, 0.15) is 0 Å². The van der Waals surface area contributed by atoms with Gasteiger partial charge in [-0.05, 0) is 47.5 Å². The lowest BCUT2D eigenvalue weighted by atomic mass is 10.0. The molecule has 2 aromatic rings. The summed E-state index contributed by atoms with van der Waals surface area (Å²) < 4.78 is 26.0. The molecule has 134 valence electrons. The van der Waals surface area contributed by atoms with Gasteiger partial charge in [-0.1, -0.05) is 12.1 Å². The Balaban J connectivity index is 1.54. The Morgan fingerprint density at radius 1 is 0.630 bits per heavy atom. The van der Waals surface area contributed by atoms with E-state index in [2.05, 4.69) is 0 Å². The number of carbonyl (C=O) groups is 2. The highest BCUT2D eigenvalue weighted by Gasteiger charge is 2.33. The number of hydrogen-bond donors (Lipinski definition) is 0. The van der Waals surface area contributed by atoms with Gasteiger partial charge in [0, 0.05) is 0 Å². The molecule has 2 aromatic carbocycles. The Labute approximate surface area is 153 Å². The second-order valence-electron chi connectivity index (χ2n) is 6.02. The summed E-state index contributed by atoms with van der Waals surface area (Å²) >= 11 is 0. The maximum Gasteiger partial charge on any atom is 0.346 e. The highest BCUT2D eigenvalue weighted by molar-refractivity contribution is 6.22. The first-order chi connectivity index (χ1) is 13.2. The Hall–Kier alpha value is -3.74. The van der Waals surface area contributed by atoms with Crippen LogP contribution in [0.1, 0.15) is 11.1 Å². The maximum atomic E-state index is 12.2. The molecule has 1 fully saturated rings. The van der Waals surface area contributed by atoms with Gasteiger partial charge in [-0.3, -0.25) is 0 Å². The van der Waals surface area contributed by atoms with Gasteiger partial charge in [-0.2, -0.15) is 0 Å². The Morgan fingerprint density at radius 3 is 1.56 bits per heavy atom. The summed E-state index contributed by atoms with van der Waals surface area (Å²) in [5, 5.41) is 0. The molecule has 5 rings (SSSR count). The smallest absolute Gasteiger partial charge is 0.346 e. The van der Waals surface area contributed by atoms with Crippen LogP contribution in [0.3, 0.4) is 0 Å². The summed E-state index contributed by atoms with van der Waals surface area (Å²) in [6.45, 7) is 0.316. The minimum Gasteiger partial charge on any atom is -0.454 e. The molecule has 0 unspecified atom stereocenters. The monoisotopic (exact) mass is 364 g/mol. The number of ether oxygens (including phenoxy) is 5. The second kappa shape index (κ2) is 5.91. The van der Waals surface area contributed by atoms with Gasteiger partial charge in [0.05, 0.1) is 11.1 Å². The number of esters is 2. The van der Waals surface area contributed by atoms with Crippen LogP contribution in [-0.4, -0.2) is 25.5 Å². The lowest BCUT2D eigenvalue weighted by Crippen LogP contribution is -1.97. The molecule has 3 aliphatic rings. The van der Waals surface area contributed by atoms with Crippen LogP contribution in [0.15, 0.2) is 47.5 Å². The predicted molar refractivity (Wildman–Crippen MR) is 92.2 cm³/mol. The van der Waals surface area contributed by atoms with Gasteiger partial charge in [-0.25, -0.2) is 9.59 Å². The van der Waals surface area contributed by atoms with Crippen LogP contribution >= 0.6 is 0 Å². The molecule has 0 N–H and O–H groups in total. The summed E-state index contributed by atoms with van der Waals surface area (Å²) in [6, 6.07) is 10.5. The molecular weight excluding hydrogens is 352 g/mol. The molecule has 7 nitrogen and oxygen atoms in total. The number of benzene rings is 2. The Morgan fingerprint density at radius 2 is 1.07 bits per heavy atom. The summed E-state index contributed by atoms with van der Waals surface area (Å²) in [7, 11) is 0. The van der Waals surface area contributed by atoms with E-state index in [0.717, 1.165) is 0 Å². The molecule has 0 aromatic heterocycles. The van der Waals surface area contributed by atoms with Crippen molar-refractivity contribution in [2.75, 3.05) is 13.6 Å². The van der Waals surface area contributed by atoms with Gasteiger partial charge in [0.15, 0.2) is 23.0 Å². The number of carbonyl (C=O) groups excluding carboxylic acids is 2. The Kier molecular flexibility index (Phi) is 3.39. The molecule has 0 amide bonds. The largest absolute Gasteiger partial charge is 0.454 e. The molecule has 7 heteroatoms. The van der Waals surface area contributed by atoms with Crippen molar-refractivity contribution >= 4 is 24.1 Å². The quantitative estimate of drug-likeness (QED) is 0.460. The Bertz CT molecular complexity index is 965. The van der Waals surface area contributed by atoms with Gasteiger partial charge < -0.3 is 23.7 Å².